The highest BCUT2D eigenvalue weighted by Crippen LogP contribution is 2.15. The van der Waals surface area contributed by atoms with Crippen molar-refractivity contribution in [1.82, 2.24) is 5.32 Å². The Hall–Kier alpha value is -1.68. The van der Waals surface area contributed by atoms with Gasteiger partial charge in [-0.3, -0.25) is 4.79 Å². The molecule has 0 radical (unpaired) electrons. The van der Waals surface area contributed by atoms with Crippen LogP contribution in [-0.2, 0) is 6.42 Å². The second-order valence-corrected chi connectivity index (χ2v) is 5.51. The average molecular weight is 336 g/mol. The van der Waals surface area contributed by atoms with Gasteiger partial charge < -0.3 is 5.32 Å². The molecule has 0 atom stereocenters. The van der Waals surface area contributed by atoms with Crippen LogP contribution in [0.5, 0.6) is 0 Å². The van der Waals surface area contributed by atoms with E-state index in [2.05, 4.69) is 21.2 Å². The summed E-state index contributed by atoms with van der Waals surface area (Å²) in [5.74, 6) is -0.339. The smallest absolute Gasteiger partial charge is 0.251 e. The number of hydrogen-bond acceptors (Lipinski definition) is 1. The monoisotopic (exact) mass is 335 g/mol. The molecule has 20 heavy (non-hydrogen) atoms. The van der Waals surface area contributed by atoms with E-state index in [0.29, 0.717) is 18.5 Å². The van der Waals surface area contributed by atoms with Crippen molar-refractivity contribution in [3.05, 3.63) is 69.4 Å². The fourth-order valence-electron chi connectivity index (χ4n) is 1.91. The molecular weight excluding hydrogens is 321 g/mol. The van der Waals surface area contributed by atoms with Crippen LogP contribution < -0.4 is 5.32 Å². The van der Waals surface area contributed by atoms with Crippen molar-refractivity contribution in [2.75, 3.05) is 6.54 Å². The maximum absolute atomic E-state index is 12.8. The Morgan fingerprint density at radius 3 is 2.60 bits per heavy atom. The molecule has 2 aromatic rings. The van der Waals surface area contributed by atoms with Crippen LogP contribution in [0.25, 0.3) is 0 Å². The first-order valence-corrected chi connectivity index (χ1v) is 7.14. The number of hydrogen-bond donors (Lipinski definition) is 1. The third-order valence-electron chi connectivity index (χ3n) is 3.06. The normalized spacial score (nSPS) is 10.3. The van der Waals surface area contributed by atoms with E-state index in [0.717, 1.165) is 15.6 Å². The Morgan fingerprint density at radius 2 is 1.90 bits per heavy atom. The van der Waals surface area contributed by atoms with Gasteiger partial charge in [0.25, 0.3) is 5.91 Å². The van der Waals surface area contributed by atoms with Crippen molar-refractivity contribution in [2.24, 2.45) is 0 Å². The summed E-state index contributed by atoms with van der Waals surface area (Å²) in [6.45, 7) is 2.43. The van der Waals surface area contributed by atoms with Crippen molar-refractivity contribution in [2.45, 2.75) is 13.3 Å². The third-order valence-corrected chi connectivity index (χ3v) is 3.55. The molecule has 0 fully saturated rings. The first kappa shape index (κ1) is 14.7. The van der Waals surface area contributed by atoms with Crippen LogP contribution in [0.15, 0.2) is 46.9 Å². The predicted molar refractivity (Wildman–Crippen MR) is 81.3 cm³/mol. The molecule has 0 spiro atoms. The number of carbonyl (C=O) groups is 1. The summed E-state index contributed by atoms with van der Waals surface area (Å²) in [7, 11) is 0. The average Bonchev–Trinajstić information content (AvgIpc) is 2.43. The van der Waals surface area contributed by atoms with Crippen LogP contribution in [0.2, 0.25) is 0 Å². The highest BCUT2D eigenvalue weighted by atomic mass is 79.9. The van der Waals surface area contributed by atoms with Crippen molar-refractivity contribution in [3.63, 3.8) is 0 Å². The number of nitrogens with one attached hydrogen (secondary N) is 1. The number of aryl methyl sites for hydroxylation is 1. The molecule has 2 rings (SSSR count). The number of halogens is 2. The topological polar surface area (TPSA) is 29.1 Å². The minimum Gasteiger partial charge on any atom is -0.352 e. The quantitative estimate of drug-likeness (QED) is 0.902. The SMILES string of the molecule is Cc1ccc(Br)cc1C(=O)NCCc1ccc(F)cc1. The summed E-state index contributed by atoms with van der Waals surface area (Å²) < 4.78 is 13.6. The van der Waals surface area contributed by atoms with Crippen LogP contribution in [0.4, 0.5) is 4.39 Å². The molecule has 0 saturated heterocycles. The van der Waals surface area contributed by atoms with Crippen LogP contribution in [-0.4, -0.2) is 12.5 Å². The van der Waals surface area contributed by atoms with Gasteiger partial charge in [0, 0.05) is 16.6 Å². The summed E-state index contributed by atoms with van der Waals surface area (Å²) in [5, 5.41) is 2.88. The van der Waals surface area contributed by atoms with Crippen LogP contribution >= 0.6 is 15.9 Å². The molecule has 0 aromatic heterocycles. The first-order valence-electron chi connectivity index (χ1n) is 6.35. The molecule has 0 saturated carbocycles. The molecule has 2 nitrogen and oxygen atoms in total. The predicted octanol–water partition coefficient (Wildman–Crippen LogP) is 3.87. The molecule has 4 heteroatoms. The summed E-state index contributed by atoms with van der Waals surface area (Å²) in [5.41, 5.74) is 2.60. The lowest BCUT2D eigenvalue weighted by Crippen LogP contribution is -2.26. The maximum atomic E-state index is 12.8. The van der Waals surface area contributed by atoms with Gasteiger partial charge in [-0.25, -0.2) is 4.39 Å². The molecule has 1 N–H and O–H groups in total. The molecular formula is C16H15BrFNO. The standard InChI is InChI=1S/C16H15BrFNO/c1-11-2-5-13(17)10-15(11)16(20)19-9-8-12-3-6-14(18)7-4-12/h2-7,10H,8-9H2,1H3,(H,19,20). The van der Waals surface area contributed by atoms with Crippen molar-refractivity contribution < 1.29 is 9.18 Å². The summed E-state index contributed by atoms with van der Waals surface area (Å²) >= 11 is 3.36. The van der Waals surface area contributed by atoms with E-state index in [9.17, 15) is 9.18 Å². The van der Waals surface area contributed by atoms with Gasteiger partial charge in [-0.15, -0.1) is 0 Å². The van der Waals surface area contributed by atoms with E-state index in [1.807, 2.05) is 25.1 Å². The van der Waals surface area contributed by atoms with Gasteiger partial charge in [-0.05, 0) is 48.7 Å². The summed E-state index contributed by atoms with van der Waals surface area (Å²) in [6.07, 6.45) is 0.680. The third kappa shape index (κ3) is 3.90. The Balaban J connectivity index is 1.92. The molecule has 0 aliphatic carbocycles. The van der Waals surface area contributed by atoms with Gasteiger partial charge in [0.2, 0.25) is 0 Å². The second kappa shape index (κ2) is 6.66. The Kier molecular flexibility index (Phi) is 4.90. The highest BCUT2D eigenvalue weighted by Gasteiger charge is 2.08. The molecule has 1 amide bonds. The number of rotatable bonds is 4. The molecule has 104 valence electrons. The van der Waals surface area contributed by atoms with Crippen molar-refractivity contribution in [3.8, 4) is 0 Å². The lowest BCUT2D eigenvalue weighted by molar-refractivity contribution is 0.0953. The zero-order valence-electron chi connectivity index (χ0n) is 11.1. The van der Waals surface area contributed by atoms with Gasteiger partial charge in [0.05, 0.1) is 0 Å². The molecule has 0 aliphatic rings. The lowest BCUT2D eigenvalue weighted by atomic mass is 10.1. The molecule has 0 heterocycles. The minimum absolute atomic E-state index is 0.0917. The van der Waals surface area contributed by atoms with Gasteiger partial charge in [-0.1, -0.05) is 34.1 Å². The van der Waals surface area contributed by atoms with Crippen LogP contribution in [0.3, 0.4) is 0 Å². The largest absolute Gasteiger partial charge is 0.352 e. The van der Waals surface area contributed by atoms with Gasteiger partial charge in [-0.2, -0.15) is 0 Å². The Morgan fingerprint density at radius 1 is 1.20 bits per heavy atom. The minimum atomic E-state index is -0.248. The zero-order chi connectivity index (χ0) is 14.5. The van der Waals surface area contributed by atoms with Gasteiger partial charge in [0.15, 0.2) is 0 Å². The number of amides is 1. The van der Waals surface area contributed by atoms with Crippen LogP contribution in [0, 0.1) is 12.7 Å². The Bertz CT molecular complexity index is 610. The molecule has 0 unspecified atom stereocenters. The Labute approximate surface area is 126 Å². The number of benzene rings is 2. The fraction of sp³-hybridized carbons (Fsp3) is 0.188. The van der Waals surface area contributed by atoms with Gasteiger partial charge in [0.1, 0.15) is 5.82 Å². The van der Waals surface area contributed by atoms with Gasteiger partial charge >= 0.3 is 0 Å². The number of carbonyl (C=O) groups excluding carboxylic acids is 1. The molecule has 0 aliphatic heterocycles. The van der Waals surface area contributed by atoms with E-state index in [-0.39, 0.29) is 11.7 Å². The first-order chi connectivity index (χ1) is 9.56. The molecule has 2 aromatic carbocycles. The highest BCUT2D eigenvalue weighted by molar-refractivity contribution is 9.10. The van der Waals surface area contributed by atoms with Crippen molar-refractivity contribution >= 4 is 21.8 Å². The second-order valence-electron chi connectivity index (χ2n) is 4.59. The maximum Gasteiger partial charge on any atom is 0.251 e. The summed E-state index contributed by atoms with van der Waals surface area (Å²) in [6, 6.07) is 11.9. The zero-order valence-corrected chi connectivity index (χ0v) is 12.7. The van der Waals surface area contributed by atoms with E-state index in [1.54, 1.807) is 12.1 Å². The molecule has 0 bridgehead atoms. The van der Waals surface area contributed by atoms with E-state index in [4.69, 9.17) is 0 Å². The van der Waals surface area contributed by atoms with E-state index >= 15 is 0 Å². The summed E-state index contributed by atoms with van der Waals surface area (Å²) in [4.78, 5) is 12.1. The van der Waals surface area contributed by atoms with E-state index < -0.39 is 0 Å². The van der Waals surface area contributed by atoms with E-state index in [1.165, 1.54) is 12.1 Å². The fourth-order valence-corrected chi connectivity index (χ4v) is 2.27. The van der Waals surface area contributed by atoms with Crippen LogP contribution in [0.1, 0.15) is 21.5 Å². The lowest BCUT2D eigenvalue weighted by Gasteiger charge is -2.08. The van der Waals surface area contributed by atoms with Crippen molar-refractivity contribution in [1.29, 1.82) is 0 Å².